The number of rotatable bonds is 8. The van der Waals surface area contributed by atoms with E-state index in [1.165, 1.54) is 17.0 Å². The van der Waals surface area contributed by atoms with Crippen LogP contribution in [0.4, 0.5) is 23.2 Å². The molecule has 21 heavy (non-hydrogen) atoms. The van der Waals surface area contributed by atoms with Crippen LogP contribution in [-0.2, 0) is 10.0 Å². The van der Waals surface area contributed by atoms with Crippen LogP contribution in [-0.4, -0.2) is 38.8 Å². The number of nitrogens with one attached hydrogen (secondary N) is 2. The molecule has 0 bridgehead atoms. The SMILES string of the molecule is CCCNc1ccncc1S(=O)(=O)NCC(F)(F)C(F)F. The summed E-state index contributed by atoms with van der Waals surface area (Å²) in [4.78, 5) is 3.23. The zero-order chi connectivity index (χ0) is 16.1. The van der Waals surface area contributed by atoms with Crippen molar-refractivity contribution in [2.75, 3.05) is 18.4 Å². The molecule has 10 heteroatoms. The molecule has 5 nitrogen and oxygen atoms in total. The predicted octanol–water partition coefficient (Wildman–Crippen LogP) is 2.08. The molecule has 2 N–H and O–H groups in total. The van der Waals surface area contributed by atoms with Gasteiger partial charge in [0.2, 0.25) is 10.0 Å². The molecule has 0 aliphatic heterocycles. The Morgan fingerprint density at radius 1 is 1.38 bits per heavy atom. The maximum Gasteiger partial charge on any atom is 0.320 e. The first-order valence-electron chi connectivity index (χ1n) is 6.04. The van der Waals surface area contributed by atoms with Crippen molar-refractivity contribution in [3.8, 4) is 0 Å². The first-order valence-corrected chi connectivity index (χ1v) is 7.52. The smallest absolute Gasteiger partial charge is 0.320 e. The first-order chi connectivity index (χ1) is 9.70. The van der Waals surface area contributed by atoms with E-state index in [-0.39, 0.29) is 10.6 Å². The van der Waals surface area contributed by atoms with Crippen molar-refractivity contribution in [3.63, 3.8) is 0 Å². The molecule has 0 atom stereocenters. The average molecular weight is 329 g/mol. The second-order valence-corrected chi connectivity index (χ2v) is 5.92. The monoisotopic (exact) mass is 329 g/mol. The van der Waals surface area contributed by atoms with E-state index in [1.54, 1.807) is 0 Å². The van der Waals surface area contributed by atoms with Gasteiger partial charge < -0.3 is 5.32 Å². The summed E-state index contributed by atoms with van der Waals surface area (Å²) >= 11 is 0. The van der Waals surface area contributed by atoms with Crippen molar-refractivity contribution >= 4 is 15.7 Å². The fourth-order valence-electron chi connectivity index (χ4n) is 1.35. The Bertz CT molecular complexity index is 566. The summed E-state index contributed by atoms with van der Waals surface area (Å²) in [5, 5.41) is 2.79. The van der Waals surface area contributed by atoms with Crippen LogP contribution in [0.1, 0.15) is 13.3 Å². The maximum atomic E-state index is 12.8. The van der Waals surface area contributed by atoms with E-state index >= 15 is 0 Å². The van der Waals surface area contributed by atoms with Gasteiger partial charge in [-0.3, -0.25) is 4.98 Å². The molecule has 0 fully saturated rings. The number of anilines is 1. The lowest BCUT2D eigenvalue weighted by atomic mass is 10.4. The third-order valence-corrected chi connectivity index (χ3v) is 3.89. The quantitative estimate of drug-likeness (QED) is 0.717. The fraction of sp³-hybridized carbons (Fsp3) is 0.545. The van der Waals surface area contributed by atoms with Gasteiger partial charge in [0.25, 0.3) is 0 Å². The molecule has 1 rings (SSSR count). The van der Waals surface area contributed by atoms with Gasteiger partial charge in [-0.1, -0.05) is 6.92 Å². The predicted molar refractivity (Wildman–Crippen MR) is 69.2 cm³/mol. The number of sulfonamides is 1. The lowest BCUT2D eigenvalue weighted by Gasteiger charge is -2.17. The Morgan fingerprint density at radius 2 is 2.05 bits per heavy atom. The van der Waals surface area contributed by atoms with E-state index < -0.39 is 28.9 Å². The van der Waals surface area contributed by atoms with Crippen LogP contribution in [0.25, 0.3) is 0 Å². The van der Waals surface area contributed by atoms with Crippen LogP contribution >= 0.6 is 0 Å². The molecule has 0 saturated carbocycles. The van der Waals surface area contributed by atoms with Gasteiger partial charge in [-0.25, -0.2) is 21.9 Å². The van der Waals surface area contributed by atoms with Gasteiger partial charge in [-0.05, 0) is 12.5 Å². The van der Waals surface area contributed by atoms with Crippen LogP contribution < -0.4 is 10.0 Å². The second-order valence-electron chi connectivity index (χ2n) is 4.18. The number of halogens is 4. The highest BCUT2D eigenvalue weighted by Crippen LogP contribution is 2.24. The maximum absolute atomic E-state index is 12.8. The molecule has 0 saturated heterocycles. The van der Waals surface area contributed by atoms with E-state index in [0.29, 0.717) is 13.0 Å². The molecular formula is C11H15F4N3O2S. The summed E-state index contributed by atoms with van der Waals surface area (Å²) in [5.41, 5.74) is 0.166. The molecule has 120 valence electrons. The number of hydrogen-bond acceptors (Lipinski definition) is 4. The van der Waals surface area contributed by atoms with Crippen molar-refractivity contribution in [2.24, 2.45) is 0 Å². The fourth-order valence-corrected chi connectivity index (χ4v) is 2.51. The van der Waals surface area contributed by atoms with Gasteiger partial charge in [0.05, 0.1) is 12.2 Å². The Kier molecular flexibility index (Phi) is 5.90. The van der Waals surface area contributed by atoms with Crippen molar-refractivity contribution < 1.29 is 26.0 Å². The zero-order valence-corrected chi connectivity index (χ0v) is 11.9. The molecule has 0 radical (unpaired) electrons. The lowest BCUT2D eigenvalue weighted by Crippen LogP contribution is -2.41. The van der Waals surface area contributed by atoms with Gasteiger partial charge >= 0.3 is 12.3 Å². The number of alkyl halides is 4. The zero-order valence-electron chi connectivity index (χ0n) is 11.1. The molecule has 0 spiro atoms. The normalized spacial score (nSPS) is 12.7. The van der Waals surface area contributed by atoms with Crippen molar-refractivity contribution in [1.82, 2.24) is 9.71 Å². The molecule has 1 aromatic rings. The van der Waals surface area contributed by atoms with Crippen LogP contribution in [0, 0.1) is 0 Å². The number of nitrogens with zero attached hydrogens (tertiary/aromatic N) is 1. The second kappa shape index (κ2) is 7.03. The molecule has 1 aromatic heterocycles. The molecule has 1 heterocycles. The van der Waals surface area contributed by atoms with Gasteiger partial charge in [0.15, 0.2) is 0 Å². The van der Waals surface area contributed by atoms with E-state index in [4.69, 9.17) is 0 Å². The topological polar surface area (TPSA) is 71.1 Å². The highest BCUT2D eigenvalue weighted by molar-refractivity contribution is 7.89. The summed E-state index contributed by atoms with van der Waals surface area (Å²) in [6.45, 7) is 0.624. The first kappa shape index (κ1) is 17.6. The summed E-state index contributed by atoms with van der Waals surface area (Å²) < 4.78 is 74.9. The number of hydrogen-bond donors (Lipinski definition) is 2. The van der Waals surface area contributed by atoms with Crippen LogP contribution in [0.3, 0.4) is 0 Å². The summed E-state index contributed by atoms with van der Waals surface area (Å²) in [6, 6.07) is 1.36. The van der Waals surface area contributed by atoms with Crippen molar-refractivity contribution in [1.29, 1.82) is 0 Å². The van der Waals surface area contributed by atoms with Crippen LogP contribution in [0.2, 0.25) is 0 Å². The van der Waals surface area contributed by atoms with Gasteiger partial charge in [0.1, 0.15) is 4.90 Å². The van der Waals surface area contributed by atoms with Crippen LogP contribution in [0.5, 0.6) is 0 Å². The highest BCUT2D eigenvalue weighted by atomic mass is 32.2. The summed E-state index contributed by atoms with van der Waals surface area (Å²) in [6.07, 6.45) is -0.962. The largest absolute Gasteiger partial charge is 0.384 e. The standard InChI is InChI=1S/C11H15F4N3O2S/c1-2-4-17-8-3-5-16-6-9(8)21(19,20)18-7-11(14,15)10(12)13/h3,5-6,10,18H,2,4,7H2,1H3,(H,16,17). The van der Waals surface area contributed by atoms with Gasteiger partial charge in [-0.2, -0.15) is 8.78 Å². The van der Waals surface area contributed by atoms with E-state index in [0.717, 1.165) is 6.20 Å². The summed E-state index contributed by atoms with van der Waals surface area (Å²) in [7, 11) is -4.38. The van der Waals surface area contributed by atoms with Crippen molar-refractivity contribution in [2.45, 2.75) is 30.6 Å². The van der Waals surface area contributed by atoms with Gasteiger partial charge in [-0.15, -0.1) is 0 Å². The van der Waals surface area contributed by atoms with E-state index in [9.17, 15) is 26.0 Å². The Hall–Kier alpha value is -1.42. The Labute approximate surface area is 119 Å². The minimum absolute atomic E-state index is 0.166. The lowest BCUT2D eigenvalue weighted by molar-refractivity contribution is -0.122. The van der Waals surface area contributed by atoms with Crippen molar-refractivity contribution in [3.05, 3.63) is 18.5 Å². The molecule has 0 amide bonds. The third kappa shape index (κ3) is 4.81. The van der Waals surface area contributed by atoms with Gasteiger partial charge in [0, 0.05) is 18.9 Å². The molecule has 0 unspecified atom stereocenters. The Morgan fingerprint density at radius 3 is 2.62 bits per heavy atom. The average Bonchev–Trinajstić information content (AvgIpc) is 2.43. The minimum atomic E-state index is -4.44. The molecular weight excluding hydrogens is 314 g/mol. The Balaban J connectivity index is 2.93. The highest BCUT2D eigenvalue weighted by Gasteiger charge is 2.41. The molecule has 0 aromatic carbocycles. The number of pyridine rings is 1. The summed E-state index contributed by atoms with van der Waals surface area (Å²) in [5.74, 6) is -4.44. The number of aromatic nitrogens is 1. The molecule has 0 aliphatic rings. The van der Waals surface area contributed by atoms with E-state index in [1.807, 2.05) is 6.92 Å². The van der Waals surface area contributed by atoms with Crippen LogP contribution in [0.15, 0.2) is 23.4 Å². The minimum Gasteiger partial charge on any atom is -0.384 e. The van der Waals surface area contributed by atoms with E-state index in [2.05, 4.69) is 10.3 Å². The molecule has 0 aliphatic carbocycles. The third-order valence-electron chi connectivity index (χ3n) is 2.46.